The van der Waals surface area contributed by atoms with Gasteiger partial charge in [0.1, 0.15) is 25.1 Å². The predicted octanol–water partition coefficient (Wildman–Crippen LogP) is 1.08. The molecule has 1 aliphatic heterocycles. The van der Waals surface area contributed by atoms with Crippen LogP contribution in [-0.2, 0) is 25.8 Å². The standard InChI is InChI=1S/C24H34N2O8/c1-24(2,3)26-22(30)16-7-6-15-17(9-18(28)21(29)19(15)20(16)23(26)31)25-34-11-13(27)10-32-12-14-5-4-8-33-14/h4-5,8,13,15-16,18-21,27-29H,6-7,9-12H2,1-3H3/t13-,15+,16+,18+,19-,20+,21+/m0/s1. The topological polar surface area (TPSA) is 142 Å². The Kier molecular flexibility index (Phi) is 7.14. The highest BCUT2D eigenvalue weighted by atomic mass is 16.6. The van der Waals surface area contributed by atoms with Gasteiger partial charge in [0.25, 0.3) is 0 Å². The first-order chi connectivity index (χ1) is 16.1. The van der Waals surface area contributed by atoms with E-state index in [9.17, 15) is 24.9 Å². The van der Waals surface area contributed by atoms with E-state index in [0.29, 0.717) is 24.3 Å². The third-order valence-electron chi connectivity index (χ3n) is 7.03. The molecule has 34 heavy (non-hydrogen) atoms. The minimum absolute atomic E-state index is 0.0297. The van der Waals surface area contributed by atoms with Crippen LogP contribution in [0.2, 0.25) is 0 Å². The normalized spacial score (nSPS) is 33.7. The maximum Gasteiger partial charge on any atom is 0.233 e. The van der Waals surface area contributed by atoms with Gasteiger partial charge in [0, 0.05) is 23.8 Å². The summed E-state index contributed by atoms with van der Waals surface area (Å²) in [7, 11) is 0. The van der Waals surface area contributed by atoms with E-state index in [1.54, 1.807) is 18.4 Å². The first-order valence-electron chi connectivity index (χ1n) is 11.8. The van der Waals surface area contributed by atoms with Gasteiger partial charge in [0.15, 0.2) is 0 Å². The van der Waals surface area contributed by atoms with Gasteiger partial charge in [-0.25, -0.2) is 0 Å². The van der Waals surface area contributed by atoms with Gasteiger partial charge in [-0.15, -0.1) is 0 Å². The van der Waals surface area contributed by atoms with Gasteiger partial charge in [0.05, 0.1) is 42.6 Å². The Hall–Kier alpha value is -2.27. The van der Waals surface area contributed by atoms with Crippen LogP contribution < -0.4 is 0 Å². The molecule has 0 spiro atoms. The Bertz CT molecular complexity index is 909. The number of carbonyl (C=O) groups is 2. The smallest absolute Gasteiger partial charge is 0.233 e. The highest BCUT2D eigenvalue weighted by Gasteiger charge is 2.61. The number of aliphatic hydroxyl groups excluding tert-OH is 3. The molecular weight excluding hydrogens is 444 g/mol. The highest BCUT2D eigenvalue weighted by Crippen LogP contribution is 2.50. The maximum absolute atomic E-state index is 13.3. The van der Waals surface area contributed by atoms with Gasteiger partial charge in [-0.2, -0.15) is 0 Å². The Morgan fingerprint density at radius 3 is 2.59 bits per heavy atom. The number of nitrogens with zero attached hydrogens (tertiary/aromatic N) is 2. The number of rotatable bonds is 7. The molecule has 188 valence electrons. The molecule has 2 aliphatic carbocycles. The molecule has 0 aromatic carbocycles. The molecule has 0 unspecified atom stereocenters. The van der Waals surface area contributed by atoms with E-state index < -0.39 is 41.6 Å². The van der Waals surface area contributed by atoms with Crippen LogP contribution in [0.3, 0.4) is 0 Å². The molecule has 1 aromatic rings. The van der Waals surface area contributed by atoms with E-state index in [2.05, 4.69) is 5.16 Å². The number of furan rings is 1. The summed E-state index contributed by atoms with van der Waals surface area (Å²) < 4.78 is 10.5. The molecule has 1 saturated heterocycles. The average molecular weight is 479 g/mol. The molecule has 10 heteroatoms. The lowest BCUT2D eigenvalue weighted by atomic mass is 9.60. The van der Waals surface area contributed by atoms with Crippen molar-refractivity contribution in [1.82, 2.24) is 4.90 Å². The second kappa shape index (κ2) is 9.77. The van der Waals surface area contributed by atoms with Crippen LogP contribution in [0.1, 0.15) is 45.8 Å². The van der Waals surface area contributed by atoms with Crippen molar-refractivity contribution in [2.75, 3.05) is 13.2 Å². The Labute approximate surface area is 198 Å². The summed E-state index contributed by atoms with van der Waals surface area (Å²) in [5, 5.41) is 35.6. The molecule has 4 rings (SSSR count). The third kappa shape index (κ3) is 4.77. The van der Waals surface area contributed by atoms with E-state index in [4.69, 9.17) is 14.0 Å². The van der Waals surface area contributed by atoms with Crippen molar-refractivity contribution in [2.45, 2.75) is 70.5 Å². The van der Waals surface area contributed by atoms with Gasteiger partial charge < -0.3 is 29.3 Å². The summed E-state index contributed by atoms with van der Waals surface area (Å²) in [6.45, 7) is 5.59. The first-order valence-corrected chi connectivity index (χ1v) is 11.8. The van der Waals surface area contributed by atoms with E-state index in [0.717, 1.165) is 0 Å². The highest BCUT2D eigenvalue weighted by molar-refractivity contribution is 6.06. The summed E-state index contributed by atoms with van der Waals surface area (Å²) in [6.07, 6.45) is -0.447. The van der Waals surface area contributed by atoms with Crippen LogP contribution in [0, 0.1) is 23.7 Å². The predicted molar refractivity (Wildman–Crippen MR) is 119 cm³/mol. The number of hydrogen-bond donors (Lipinski definition) is 3. The second-order valence-corrected chi connectivity index (χ2v) is 10.5. The number of amides is 2. The van der Waals surface area contributed by atoms with E-state index in [1.165, 1.54) is 4.90 Å². The molecule has 2 heterocycles. The van der Waals surface area contributed by atoms with Crippen molar-refractivity contribution in [3.05, 3.63) is 24.2 Å². The van der Waals surface area contributed by atoms with Crippen molar-refractivity contribution >= 4 is 17.5 Å². The number of oxime groups is 1. The number of imide groups is 1. The summed E-state index contributed by atoms with van der Waals surface area (Å²) in [5.74, 6) is -1.95. The van der Waals surface area contributed by atoms with Gasteiger partial charge in [-0.3, -0.25) is 14.5 Å². The zero-order valence-corrected chi connectivity index (χ0v) is 19.8. The number of hydrogen-bond acceptors (Lipinski definition) is 9. The Morgan fingerprint density at radius 2 is 1.91 bits per heavy atom. The average Bonchev–Trinajstić information content (AvgIpc) is 3.37. The summed E-state index contributed by atoms with van der Waals surface area (Å²) in [5.41, 5.74) is -0.117. The number of aliphatic hydroxyl groups is 3. The summed E-state index contributed by atoms with van der Waals surface area (Å²) in [6, 6.07) is 3.52. The lowest BCUT2D eigenvalue weighted by Gasteiger charge is -2.45. The molecule has 3 fully saturated rings. The second-order valence-electron chi connectivity index (χ2n) is 10.5. The monoisotopic (exact) mass is 478 g/mol. The Balaban J connectivity index is 1.41. The summed E-state index contributed by atoms with van der Waals surface area (Å²) >= 11 is 0. The Morgan fingerprint density at radius 1 is 1.18 bits per heavy atom. The quantitative estimate of drug-likeness (QED) is 0.390. The first kappa shape index (κ1) is 24.8. The van der Waals surface area contributed by atoms with Crippen molar-refractivity contribution in [3.8, 4) is 0 Å². The van der Waals surface area contributed by atoms with Crippen molar-refractivity contribution < 1.29 is 38.9 Å². The number of fused-ring (bicyclic) bond motifs is 3. The molecule has 2 saturated carbocycles. The van der Waals surface area contributed by atoms with Crippen LogP contribution >= 0.6 is 0 Å². The van der Waals surface area contributed by atoms with Crippen LogP contribution in [0.25, 0.3) is 0 Å². The van der Waals surface area contributed by atoms with E-state index >= 15 is 0 Å². The molecule has 10 nitrogen and oxygen atoms in total. The molecule has 3 aliphatic rings. The molecule has 2 amide bonds. The van der Waals surface area contributed by atoms with E-state index in [-0.39, 0.29) is 44.0 Å². The minimum Gasteiger partial charge on any atom is -0.467 e. The van der Waals surface area contributed by atoms with Crippen molar-refractivity contribution in [2.24, 2.45) is 28.8 Å². The molecular formula is C24H34N2O8. The molecule has 0 radical (unpaired) electrons. The fraction of sp³-hybridized carbons (Fsp3) is 0.708. The van der Waals surface area contributed by atoms with Crippen molar-refractivity contribution in [1.29, 1.82) is 0 Å². The number of likely N-dealkylation sites (tertiary alicyclic amines) is 1. The molecule has 0 bridgehead atoms. The van der Waals surface area contributed by atoms with E-state index in [1.807, 2.05) is 20.8 Å². The van der Waals surface area contributed by atoms with Crippen LogP contribution in [0.15, 0.2) is 28.0 Å². The number of carbonyl (C=O) groups excluding carboxylic acids is 2. The zero-order valence-electron chi connectivity index (χ0n) is 19.8. The van der Waals surface area contributed by atoms with Gasteiger partial charge in [-0.05, 0) is 45.7 Å². The van der Waals surface area contributed by atoms with Gasteiger partial charge in [-0.1, -0.05) is 5.16 Å². The largest absolute Gasteiger partial charge is 0.467 e. The lowest BCUT2D eigenvalue weighted by Crippen LogP contribution is -2.55. The molecule has 3 N–H and O–H groups in total. The zero-order chi connectivity index (χ0) is 24.6. The summed E-state index contributed by atoms with van der Waals surface area (Å²) in [4.78, 5) is 33.0. The fourth-order valence-electron chi connectivity index (χ4n) is 5.58. The van der Waals surface area contributed by atoms with Gasteiger partial charge in [0.2, 0.25) is 11.8 Å². The molecule has 7 atom stereocenters. The SMILES string of the molecule is CC(C)(C)N1C(=O)[C@H]2[C@H]3[C@H](O)[C@H](O)CC(=NOC[C@@H](O)COCc4ccco4)[C@H]3CC[C@H]2C1=O. The number of ether oxygens (including phenoxy) is 1. The third-order valence-corrected chi connectivity index (χ3v) is 7.03. The maximum atomic E-state index is 13.3. The fourth-order valence-corrected chi connectivity index (χ4v) is 5.58. The lowest BCUT2D eigenvalue weighted by molar-refractivity contribution is -0.146. The van der Waals surface area contributed by atoms with Crippen LogP contribution in [0.5, 0.6) is 0 Å². The van der Waals surface area contributed by atoms with Crippen LogP contribution in [-0.4, -0.2) is 74.8 Å². The van der Waals surface area contributed by atoms with Gasteiger partial charge >= 0.3 is 0 Å². The minimum atomic E-state index is -1.13. The van der Waals surface area contributed by atoms with Crippen molar-refractivity contribution in [3.63, 3.8) is 0 Å². The molecule has 1 aromatic heterocycles. The van der Waals surface area contributed by atoms with Crippen LogP contribution in [0.4, 0.5) is 0 Å².